The minimum Gasteiger partial charge on any atom is -0.618 e. The summed E-state index contributed by atoms with van der Waals surface area (Å²) in [6, 6.07) is 0. The van der Waals surface area contributed by atoms with Crippen molar-refractivity contribution in [1.29, 1.82) is 0 Å². The van der Waals surface area contributed by atoms with Gasteiger partial charge in [0.15, 0.2) is 0 Å². The smallest absolute Gasteiger partial charge is 0.238 e. The maximum atomic E-state index is 12.5. The van der Waals surface area contributed by atoms with Gasteiger partial charge in [-0.1, -0.05) is 19.8 Å². The maximum Gasteiger partial charge on any atom is 0.238 e. The number of nitrogens with zero attached hydrogens (tertiary/aromatic N) is 2. The van der Waals surface area contributed by atoms with E-state index in [4.69, 9.17) is 0 Å². The van der Waals surface area contributed by atoms with Crippen molar-refractivity contribution in [2.45, 2.75) is 33.1 Å². The van der Waals surface area contributed by atoms with Gasteiger partial charge in [0.2, 0.25) is 11.4 Å². The van der Waals surface area contributed by atoms with Gasteiger partial charge in [0.25, 0.3) is 0 Å². The molecule has 94 valence electrons. The maximum absolute atomic E-state index is 12.5. The summed E-state index contributed by atoms with van der Waals surface area (Å²) in [5.74, 6) is 0.182. The van der Waals surface area contributed by atoms with Gasteiger partial charge in [0.05, 0.1) is 11.5 Å². The Hall–Kier alpha value is -1.42. The monoisotopic (exact) mass is 260 g/mol. The quantitative estimate of drug-likeness (QED) is 0.600. The predicted octanol–water partition coefficient (Wildman–Crippen LogP) is 3.88. The molecule has 0 radical (unpaired) electrons. The Balaban J connectivity index is 2.05. The average molecular weight is 260 g/mol. The third-order valence-corrected chi connectivity index (χ3v) is 4.69. The van der Waals surface area contributed by atoms with E-state index < -0.39 is 0 Å². The summed E-state index contributed by atoms with van der Waals surface area (Å²) in [6.07, 6.45) is 7.05. The molecule has 0 saturated carbocycles. The zero-order valence-electron chi connectivity index (χ0n) is 10.6. The number of allylic oxidation sites excluding steroid dienone is 1. The molecule has 0 amide bonds. The van der Waals surface area contributed by atoms with E-state index in [1.165, 1.54) is 0 Å². The average Bonchev–Trinajstić information content (AvgIpc) is 2.89. The van der Waals surface area contributed by atoms with E-state index in [-0.39, 0.29) is 5.92 Å². The lowest BCUT2D eigenvalue weighted by Crippen LogP contribution is -2.23. The molecule has 3 nitrogen and oxygen atoms in total. The zero-order chi connectivity index (χ0) is 12.7. The number of fused-ring (bicyclic) bond motifs is 3. The van der Waals surface area contributed by atoms with Crippen molar-refractivity contribution in [1.82, 2.24) is 0 Å². The van der Waals surface area contributed by atoms with E-state index >= 15 is 0 Å². The highest BCUT2D eigenvalue weighted by molar-refractivity contribution is 7.12. The summed E-state index contributed by atoms with van der Waals surface area (Å²) in [5.41, 5.74) is 3.86. The molecule has 2 aliphatic heterocycles. The summed E-state index contributed by atoms with van der Waals surface area (Å²) in [6.45, 7) is 4.17. The van der Waals surface area contributed by atoms with Gasteiger partial charge in [-0.15, -0.1) is 11.3 Å². The molecule has 0 aliphatic carbocycles. The summed E-state index contributed by atoms with van der Waals surface area (Å²) < 4.78 is 1.14. The minimum absolute atomic E-state index is 0.182. The fourth-order valence-corrected chi connectivity index (χ4v) is 3.68. The number of aliphatic imine (C=N–C) groups is 1. The Morgan fingerprint density at radius 3 is 3.11 bits per heavy atom. The Morgan fingerprint density at radius 1 is 1.50 bits per heavy atom. The van der Waals surface area contributed by atoms with Crippen LogP contribution in [0.25, 0.3) is 5.57 Å². The van der Waals surface area contributed by atoms with Crippen LogP contribution in [-0.2, 0) is 0 Å². The first kappa shape index (κ1) is 11.7. The zero-order valence-corrected chi connectivity index (χ0v) is 11.5. The highest BCUT2D eigenvalue weighted by Gasteiger charge is 2.40. The van der Waals surface area contributed by atoms with Crippen molar-refractivity contribution in [3.05, 3.63) is 27.2 Å². The molecule has 4 heteroatoms. The largest absolute Gasteiger partial charge is 0.618 e. The number of hydrogen-bond acceptors (Lipinski definition) is 3. The van der Waals surface area contributed by atoms with Crippen LogP contribution in [0, 0.1) is 18.0 Å². The molecule has 0 fully saturated rings. The molecule has 3 heterocycles. The van der Waals surface area contributed by atoms with Crippen LogP contribution in [0.1, 0.15) is 36.6 Å². The van der Waals surface area contributed by atoms with E-state index in [9.17, 15) is 5.21 Å². The predicted molar refractivity (Wildman–Crippen MR) is 76.8 cm³/mol. The van der Waals surface area contributed by atoms with Crippen LogP contribution in [0.15, 0.2) is 16.6 Å². The normalized spacial score (nSPS) is 21.0. The Kier molecular flexibility index (Phi) is 2.82. The standard InChI is InChI=1S/C14H16N2OS/c1-3-4-5-10-6-15-7-11-13(10)16(17)12-9(2)8-18-14(11)12/h6-8,10H,3-5H2,1-2H3. The van der Waals surface area contributed by atoms with Crippen molar-refractivity contribution >= 4 is 34.5 Å². The van der Waals surface area contributed by atoms with Gasteiger partial charge in [0, 0.05) is 23.4 Å². The first-order valence-corrected chi connectivity index (χ1v) is 7.28. The molecule has 1 unspecified atom stereocenters. The Bertz CT molecular complexity index is 581. The molecule has 1 atom stereocenters. The second-order valence-electron chi connectivity index (χ2n) is 4.87. The van der Waals surface area contributed by atoms with Gasteiger partial charge in [-0.2, -0.15) is 4.74 Å². The molecule has 1 aromatic heterocycles. The van der Waals surface area contributed by atoms with Crippen molar-refractivity contribution in [2.75, 3.05) is 0 Å². The summed E-state index contributed by atoms with van der Waals surface area (Å²) in [5, 5.41) is 14.5. The topological polar surface area (TPSA) is 38.4 Å². The van der Waals surface area contributed by atoms with E-state index in [0.29, 0.717) is 0 Å². The van der Waals surface area contributed by atoms with Crippen molar-refractivity contribution in [3.8, 4) is 0 Å². The molecular weight excluding hydrogens is 244 g/mol. The number of hydrogen-bond donors (Lipinski definition) is 0. The van der Waals surface area contributed by atoms with Gasteiger partial charge in [-0.05, 0) is 13.3 Å². The molecule has 0 aromatic carbocycles. The molecule has 0 bridgehead atoms. The SMILES string of the molecule is CCCCC1C=NC=C2C1=[N+]([O-])c1c(C)csc12. The first-order chi connectivity index (χ1) is 8.74. The number of thiophene rings is 1. The van der Waals surface area contributed by atoms with Gasteiger partial charge in [-0.25, -0.2) is 0 Å². The lowest BCUT2D eigenvalue weighted by Gasteiger charge is -2.14. The molecular formula is C14H16N2OS. The van der Waals surface area contributed by atoms with Gasteiger partial charge < -0.3 is 5.21 Å². The molecule has 0 saturated heterocycles. The number of aryl methyl sites for hydroxylation is 1. The van der Waals surface area contributed by atoms with Gasteiger partial charge >= 0.3 is 0 Å². The van der Waals surface area contributed by atoms with E-state index in [1.54, 1.807) is 11.3 Å². The molecule has 2 aliphatic rings. The second-order valence-corrected chi connectivity index (χ2v) is 5.75. The second kappa shape index (κ2) is 4.35. The third kappa shape index (κ3) is 1.56. The lowest BCUT2D eigenvalue weighted by atomic mass is 9.92. The molecule has 18 heavy (non-hydrogen) atoms. The third-order valence-electron chi connectivity index (χ3n) is 3.57. The first-order valence-electron chi connectivity index (χ1n) is 6.40. The molecule has 3 rings (SSSR count). The minimum atomic E-state index is 0.182. The highest BCUT2D eigenvalue weighted by atomic mass is 32.1. The fourth-order valence-electron chi connectivity index (χ4n) is 2.63. The Labute approximate surface area is 111 Å². The van der Waals surface area contributed by atoms with Gasteiger partial charge in [-0.3, -0.25) is 4.99 Å². The van der Waals surface area contributed by atoms with Crippen molar-refractivity contribution < 1.29 is 4.74 Å². The fraction of sp³-hybridized carbons (Fsp3) is 0.429. The van der Waals surface area contributed by atoms with Crippen LogP contribution < -0.4 is 0 Å². The lowest BCUT2D eigenvalue weighted by molar-refractivity contribution is -0.358. The van der Waals surface area contributed by atoms with Crippen LogP contribution >= 0.6 is 11.3 Å². The number of unbranched alkanes of at least 4 members (excludes halogenated alkanes) is 1. The van der Waals surface area contributed by atoms with Crippen molar-refractivity contribution in [2.24, 2.45) is 10.9 Å². The van der Waals surface area contributed by atoms with E-state index in [0.717, 1.165) is 51.4 Å². The van der Waals surface area contributed by atoms with Gasteiger partial charge in [0.1, 0.15) is 4.88 Å². The summed E-state index contributed by atoms with van der Waals surface area (Å²) in [7, 11) is 0. The summed E-state index contributed by atoms with van der Waals surface area (Å²) in [4.78, 5) is 5.42. The Morgan fingerprint density at radius 2 is 2.33 bits per heavy atom. The molecule has 1 aromatic rings. The van der Waals surface area contributed by atoms with Crippen molar-refractivity contribution in [3.63, 3.8) is 0 Å². The van der Waals surface area contributed by atoms with Crippen LogP contribution in [-0.4, -0.2) is 16.7 Å². The van der Waals surface area contributed by atoms with Crippen LogP contribution in [0.2, 0.25) is 0 Å². The van der Waals surface area contributed by atoms with E-state index in [2.05, 4.69) is 11.9 Å². The number of rotatable bonds is 3. The summed E-state index contributed by atoms with van der Waals surface area (Å²) >= 11 is 1.65. The van der Waals surface area contributed by atoms with Crippen LogP contribution in [0.3, 0.4) is 0 Å². The molecule has 0 spiro atoms. The van der Waals surface area contributed by atoms with Crippen LogP contribution in [0.4, 0.5) is 5.69 Å². The van der Waals surface area contributed by atoms with Crippen LogP contribution in [0.5, 0.6) is 0 Å². The molecule has 0 N–H and O–H groups in total. The highest BCUT2D eigenvalue weighted by Crippen LogP contribution is 2.44. The van der Waals surface area contributed by atoms with E-state index in [1.807, 2.05) is 24.7 Å².